The van der Waals surface area contributed by atoms with Gasteiger partial charge in [0.05, 0.1) is 11.4 Å². The molecule has 23 heavy (non-hydrogen) atoms. The number of hydrogen-bond donors (Lipinski definition) is 0. The minimum absolute atomic E-state index is 0.169. The van der Waals surface area contributed by atoms with Crippen molar-refractivity contribution in [2.45, 2.75) is 30.8 Å². The van der Waals surface area contributed by atoms with Gasteiger partial charge in [-0.1, -0.05) is 40.5 Å². The monoisotopic (exact) mass is 395 g/mol. The molecule has 2 heterocycles. The van der Waals surface area contributed by atoms with Gasteiger partial charge in [0.1, 0.15) is 0 Å². The summed E-state index contributed by atoms with van der Waals surface area (Å²) >= 11 is 4.80. The largest absolute Gasteiger partial charge is 0.342 e. The Morgan fingerprint density at radius 3 is 2.52 bits per heavy atom. The fourth-order valence-corrected chi connectivity index (χ4v) is 3.61. The van der Waals surface area contributed by atoms with Crippen LogP contribution in [0, 0.1) is 0 Å². The number of benzene rings is 1. The molecule has 1 fully saturated rings. The summed E-state index contributed by atoms with van der Waals surface area (Å²) in [5, 5.41) is 12.4. The maximum Gasteiger partial charge on any atom is 0.233 e. The van der Waals surface area contributed by atoms with E-state index in [1.54, 1.807) is 4.68 Å². The van der Waals surface area contributed by atoms with E-state index in [4.69, 9.17) is 0 Å². The summed E-state index contributed by atoms with van der Waals surface area (Å²) in [6.07, 6.45) is 4.65. The molecule has 0 N–H and O–H groups in total. The van der Waals surface area contributed by atoms with E-state index in [-0.39, 0.29) is 5.91 Å². The van der Waals surface area contributed by atoms with E-state index in [1.807, 2.05) is 29.2 Å². The van der Waals surface area contributed by atoms with Crippen LogP contribution in [0.1, 0.15) is 25.7 Å². The number of aromatic nitrogens is 4. The second-order valence-corrected chi connectivity index (χ2v) is 7.29. The quantitative estimate of drug-likeness (QED) is 0.744. The molecule has 0 unspecified atom stereocenters. The van der Waals surface area contributed by atoms with Crippen molar-refractivity contribution in [1.82, 2.24) is 25.1 Å². The lowest BCUT2D eigenvalue weighted by atomic mass is 10.2. The summed E-state index contributed by atoms with van der Waals surface area (Å²) in [5.41, 5.74) is 0.878. The third-order valence-corrected chi connectivity index (χ3v) is 5.23. The molecule has 1 aromatic carbocycles. The van der Waals surface area contributed by atoms with Crippen molar-refractivity contribution < 1.29 is 4.79 Å². The van der Waals surface area contributed by atoms with Gasteiger partial charge in [0.15, 0.2) is 0 Å². The summed E-state index contributed by atoms with van der Waals surface area (Å²) in [6, 6.07) is 7.74. The fourth-order valence-electron chi connectivity index (χ4n) is 2.55. The molecule has 1 saturated heterocycles. The number of likely N-dealkylation sites (tertiary alicyclic amines) is 1. The predicted octanol–water partition coefficient (Wildman–Crippen LogP) is 2.92. The molecule has 0 atom stereocenters. The van der Waals surface area contributed by atoms with Crippen LogP contribution in [0.5, 0.6) is 0 Å². The van der Waals surface area contributed by atoms with E-state index >= 15 is 0 Å². The Hall–Kier alpha value is -1.41. The first-order valence-electron chi connectivity index (χ1n) is 7.69. The minimum Gasteiger partial charge on any atom is -0.342 e. The summed E-state index contributed by atoms with van der Waals surface area (Å²) in [5.74, 6) is 0.541. The zero-order valence-corrected chi connectivity index (χ0v) is 15.1. The van der Waals surface area contributed by atoms with Gasteiger partial charge in [0, 0.05) is 17.6 Å². The highest BCUT2D eigenvalue weighted by atomic mass is 79.9. The van der Waals surface area contributed by atoms with Crippen molar-refractivity contribution >= 4 is 33.6 Å². The van der Waals surface area contributed by atoms with Crippen molar-refractivity contribution in [3.05, 3.63) is 28.7 Å². The van der Waals surface area contributed by atoms with Crippen LogP contribution < -0.4 is 0 Å². The van der Waals surface area contributed by atoms with E-state index in [0.717, 1.165) is 36.1 Å². The van der Waals surface area contributed by atoms with Gasteiger partial charge in [0.25, 0.3) is 0 Å². The van der Waals surface area contributed by atoms with Crippen molar-refractivity contribution in [2.24, 2.45) is 0 Å². The Morgan fingerprint density at radius 2 is 1.83 bits per heavy atom. The number of carbonyl (C=O) groups is 1. The smallest absolute Gasteiger partial charge is 0.233 e. The molecule has 0 saturated carbocycles. The molecule has 1 aromatic heterocycles. The van der Waals surface area contributed by atoms with Crippen LogP contribution in [0.3, 0.4) is 0 Å². The van der Waals surface area contributed by atoms with Gasteiger partial charge in [0.2, 0.25) is 11.1 Å². The third-order valence-electron chi connectivity index (χ3n) is 3.80. The molecular formula is C15H18BrN5OS. The topological polar surface area (TPSA) is 63.9 Å². The number of halogens is 1. The molecule has 8 heteroatoms. The van der Waals surface area contributed by atoms with Crippen molar-refractivity contribution in [2.75, 3.05) is 18.8 Å². The Kier molecular flexibility index (Phi) is 5.66. The fraction of sp³-hybridized carbons (Fsp3) is 0.467. The Bertz CT molecular complexity index is 652. The maximum absolute atomic E-state index is 12.4. The lowest BCUT2D eigenvalue weighted by Crippen LogP contribution is -2.33. The van der Waals surface area contributed by atoms with E-state index in [2.05, 4.69) is 31.5 Å². The average Bonchev–Trinajstić information content (AvgIpc) is 2.86. The highest BCUT2D eigenvalue weighted by molar-refractivity contribution is 9.10. The van der Waals surface area contributed by atoms with E-state index < -0.39 is 0 Å². The Balaban J connectivity index is 1.63. The molecule has 2 aromatic rings. The molecule has 3 rings (SSSR count). The number of amides is 1. The van der Waals surface area contributed by atoms with Gasteiger partial charge >= 0.3 is 0 Å². The molecule has 6 nitrogen and oxygen atoms in total. The lowest BCUT2D eigenvalue weighted by Gasteiger charge is -2.19. The first-order valence-corrected chi connectivity index (χ1v) is 9.47. The molecule has 0 aliphatic carbocycles. The van der Waals surface area contributed by atoms with Crippen molar-refractivity contribution in [3.63, 3.8) is 0 Å². The third kappa shape index (κ3) is 4.32. The van der Waals surface area contributed by atoms with Crippen molar-refractivity contribution in [1.29, 1.82) is 0 Å². The van der Waals surface area contributed by atoms with Gasteiger partial charge in [-0.2, -0.15) is 4.68 Å². The molecule has 0 spiro atoms. The van der Waals surface area contributed by atoms with Crippen LogP contribution in [-0.4, -0.2) is 49.9 Å². The first kappa shape index (κ1) is 16.4. The van der Waals surface area contributed by atoms with Gasteiger partial charge in [-0.05, 0) is 47.5 Å². The SMILES string of the molecule is O=C(CSc1nnnn1-c1ccc(Br)cc1)N1CCCCCC1. The van der Waals surface area contributed by atoms with Crippen LogP contribution >= 0.6 is 27.7 Å². The number of thioether (sulfide) groups is 1. The predicted molar refractivity (Wildman–Crippen MR) is 92.6 cm³/mol. The molecular weight excluding hydrogens is 378 g/mol. The van der Waals surface area contributed by atoms with Gasteiger partial charge in [-0.25, -0.2) is 0 Å². The molecule has 0 radical (unpaired) electrons. The molecule has 1 aliphatic heterocycles. The van der Waals surface area contributed by atoms with Crippen LogP contribution in [0.4, 0.5) is 0 Å². The number of rotatable bonds is 4. The summed E-state index contributed by atoms with van der Waals surface area (Å²) in [4.78, 5) is 14.3. The molecule has 0 bridgehead atoms. The molecule has 1 aliphatic rings. The van der Waals surface area contributed by atoms with Gasteiger partial charge in [-0.3, -0.25) is 4.79 Å². The van der Waals surface area contributed by atoms with Crippen LogP contribution in [0.15, 0.2) is 33.9 Å². The number of hydrogen-bond acceptors (Lipinski definition) is 5. The normalized spacial score (nSPS) is 15.4. The molecule has 122 valence electrons. The lowest BCUT2D eigenvalue weighted by molar-refractivity contribution is -0.128. The summed E-state index contributed by atoms with van der Waals surface area (Å²) in [6.45, 7) is 1.74. The Labute approximate surface area is 147 Å². The summed E-state index contributed by atoms with van der Waals surface area (Å²) < 4.78 is 2.66. The number of tetrazole rings is 1. The zero-order valence-electron chi connectivity index (χ0n) is 12.7. The van der Waals surface area contributed by atoms with Gasteiger partial charge in [-0.15, -0.1) is 5.10 Å². The average molecular weight is 396 g/mol. The standard InChI is InChI=1S/C15H18BrN5OS/c16-12-5-7-13(8-6-12)21-15(17-18-19-21)23-11-14(22)20-9-3-1-2-4-10-20/h5-8H,1-4,9-11H2. The zero-order chi connectivity index (χ0) is 16.1. The summed E-state index contributed by atoms with van der Waals surface area (Å²) in [7, 11) is 0. The minimum atomic E-state index is 0.169. The highest BCUT2D eigenvalue weighted by Gasteiger charge is 2.17. The van der Waals surface area contributed by atoms with Crippen LogP contribution in [0.25, 0.3) is 5.69 Å². The number of carbonyl (C=O) groups excluding carboxylic acids is 1. The maximum atomic E-state index is 12.4. The van der Waals surface area contributed by atoms with E-state index in [1.165, 1.54) is 24.6 Å². The van der Waals surface area contributed by atoms with Crippen LogP contribution in [0.2, 0.25) is 0 Å². The highest BCUT2D eigenvalue weighted by Crippen LogP contribution is 2.21. The van der Waals surface area contributed by atoms with E-state index in [0.29, 0.717) is 10.9 Å². The van der Waals surface area contributed by atoms with Crippen LogP contribution in [-0.2, 0) is 4.79 Å². The molecule has 1 amide bonds. The number of nitrogens with zero attached hydrogens (tertiary/aromatic N) is 5. The second kappa shape index (κ2) is 7.92. The first-order chi connectivity index (χ1) is 11.2. The van der Waals surface area contributed by atoms with E-state index in [9.17, 15) is 4.79 Å². The van der Waals surface area contributed by atoms with Gasteiger partial charge < -0.3 is 4.90 Å². The Morgan fingerprint density at radius 1 is 1.13 bits per heavy atom. The second-order valence-electron chi connectivity index (χ2n) is 5.43. The van der Waals surface area contributed by atoms with Crippen molar-refractivity contribution in [3.8, 4) is 5.69 Å².